The zero-order valence-electron chi connectivity index (χ0n) is 10.3. The maximum atomic E-state index is 13.0. The number of anilines is 1. The molecule has 1 aliphatic carbocycles. The van der Waals surface area contributed by atoms with Crippen LogP contribution in [0, 0.1) is 11.7 Å². The molecule has 18 heavy (non-hydrogen) atoms. The van der Waals surface area contributed by atoms with Crippen molar-refractivity contribution < 1.29 is 9.50 Å². The molecule has 0 radical (unpaired) electrons. The van der Waals surface area contributed by atoms with Crippen molar-refractivity contribution in [3.8, 4) is 0 Å². The number of hydrogen-bond donors (Lipinski definition) is 2. The molecule has 2 rings (SSSR count). The van der Waals surface area contributed by atoms with Gasteiger partial charge in [0.15, 0.2) is 0 Å². The molecule has 0 spiro atoms. The Balaban J connectivity index is 1.77. The van der Waals surface area contributed by atoms with Gasteiger partial charge in [-0.15, -0.1) is 0 Å². The van der Waals surface area contributed by atoms with E-state index in [-0.39, 0.29) is 11.9 Å². The Labute approximate surface area is 116 Å². The minimum absolute atomic E-state index is 0.271. The summed E-state index contributed by atoms with van der Waals surface area (Å²) in [4.78, 5) is 0. The average molecular weight is 316 g/mol. The van der Waals surface area contributed by atoms with Gasteiger partial charge in [0.2, 0.25) is 0 Å². The quantitative estimate of drug-likeness (QED) is 0.862. The van der Waals surface area contributed by atoms with Gasteiger partial charge in [-0.1, -0.05) is 25.7 Å². The summed E-state index contributed by atoms with van der Waals surface area (Å²) in [6.07, 6.45) is 5.65. The first-order chi connectivity index (χ1) is 8.65. The van der Waals surface area contributed by atoms with E-state index in [0.29, 0.717) is 16.9 Å². The molecule has 1 fully saturated rings. The van der Waals surface area contributed by atoms with Crippen LogP contribution in [0.2, 0.25) is 0 Å². The van der Waals surface area contributed by atoms with Crippen LogP contribution in [0.25, 0.3) is 0 Å². The monoisotopic (exact) mass is 315 g/mol. The van der Waals surface area contributed by atoms with Crippen molar-refractivity contribution in [2.75, 3.05) is 11.9 Å². The van der Waals surface area contributed by atoms with Crippen molar-refractivity contribution >= 4 is 21.6 Å². The Kier molecular flexibility index (Phi) is 5.01. The van der Waals surface area contributed by atoms with Gasteiger partial charge in [0.05, 0.1) is 10.6 Å². The minimum atomic E-state index is -0.322. The fraction of sp³-hybridized carbons (Fsp3) is 0.571. The number of aliphatic hydroxyl groups is 1. The van der Waals surface area contributed by atoms with Crippen LogP contribution in [0.5, 0.6) is 0 Å². The molecular formula is C14H19BrFNO. The summed E-state index contributed by atoms with van der Waals surface area (Å²) in [7, 11) is 0. The molecule has 1 aromatic carbocycles. The molecular weight excluding hydrogens is 297 g/mol. The predicted molar refractivity (Wildman–Crippen MR) is 75.2 cm³/mol. The van der Waals surface area contributed by atoms with E-state index < -0.39 is 0 Å². The summed E-state index contributed by atoms with van der Waals surface area (Å²) in [6.45, 7) is 0.522. The summed E-state index contributed by atoms with van der Waals surface area (Å²) in [6, 6.07) is 4.79. The molecule has 0 aromatic heterocycles. The van der Waals surface area contributed by atoms with Gasteiger partial charge in [0.25, 0.3) is 0 Å². The molecule has 100 valence electrons. The Morgan fingerprint density at radius 1 is 1.39 bits per heavy atom. The average Bonchev–Trinajstić information content (AvgIpc) is 2.83. The number of halogens is 2. The van der Waals surface area contributed by atoms with Crippen LogP contribution in [0.3, 0.4) is 0 Å². The molecule has 1 saturated carbocycles. The Morgan fingerprint density at radius 2 is 2.11 bits per heavy atom. The number of aliphatic hydroxyl groups excluding tert-OH is 1. The molecule has 1 aromatic rings. The van der Waals surface area contributed by atoms with E-state index in [0.717, 1.165) is 12.1 Å². The highest BCUT2D eigenvalue weighted by molar-refractivity contribution is 9.10. The van der Waals surface area contributed by atoms with E-state index in [4.69, 9.17) is 0 Å². The molecule has 0 bridgehead atoms. The SMILES string of the molecule is OC(CNc1ccc(F)c(Br)c1)CC1CCCC1. The third-order valence-corrected chi connectivity index (χ3v) is 4.15. The first kappa shape index (κ1) is 13.8. The first-order valence-corrected chi connectivity index (χ1v) is 7.31. The van der Waals surface area contributed by atoms with E-state index in [9.17, 15) is 9.50 Å². The predicted octanol–water partition coefficient (Wildman–Crippen LogP) is 3.94. The summed E-state index contributed by atoms with van der Waals surface area (Å²) in [5.41, 5.74) is 0.828. The second-order valence-corrected chi connectivity index (χ2v) is 5.90. The molecule has 0 heterocycles. The highest BCUT2D eigenvalue weighted by atomic mass is 79.9. The van der Waals surface area contributed by atoms with E-state index in [1.54, 1.807) is 12.1 Å². The molecule has 0 saturated heterocycles. The third-order valence-electron chi connectivity index (χ3n) is 3.54. The first-order valence-electron chi connectivity index (χ1n) is 6.52. The zero-order chi connectivity index (χ0) is 13.0. The van der Waals surface area contributed by atoms with Gasteiger partial charge < -0.3 is 10.4 Å². The lowest BCUT2D eigenvalue weighted by Gasteiger charge is -2.16. The highest BCUT2D eigenvalue weighted by Gasteiger charge is 2.18. The second kappa shape index (κ2) is 6.53. The minimum Gasteiger partial charge on any atom is -0.391 e. The zero-order valence-corrected chi connectivity index (χ0v) is 11.9. The van der Waals surface area contributed by atoms with Crippen LogP contribution in [0.1, 0.15) is 32.1 Å². The fourth-order valence-electron chi connectivity index (χ4n) is 2.56. The van der Waals surface area contributed by atoms with Crippen LogP contribution in [-0.2, 0) is 0 Å². The lowest BCUT2D eigenvalue weighted by atomic mass is 10.00. The normalized spacial score (nSPS) is 17.9. The molecule has 1 atom stereocenters. The standard InChI is InChI=1S/C14H19BrFNO/c15-13-8-11(5-6-14(13)16)17-9-12(18)7-10-3-1-2-4-10/h5-6,8,10,12,17-18H,1-4,7,9H2. The van der Waals surface area contributed by atoms with Crippen LogP contribution in [-0.4, -0.2) is 17.8 Å². The molecule has 2 N–H and O–H groups in total. The molecule has 1 aliphatic rings. The summed E-state index contributed by atoms with van der Waals surface area (Å²) >= 11 is 3.15. The van der Waals surface area contributed by atoms with Crippen molar-refractivity contribution in [3.05, 3.63) is 28.5 Å². The van der Waals surface area contributed by atoms with Crippen LogP contribution in [0.15, 0.2) is 22.7 Å². The summed E-state index contributed by atoms with van der Waals surface area (Å²) < 4.78 is 13.5. The van der Waals surface area contributed by atoms with Crippen molar-refractivity contribution in [1.29, 1.82) is 0 Å². The Bertz CT molecular complexity index is 393. The van der Waals surface area contributed by atoms with Gasteiger partial charge in [-0.3, -0.25) is 0 Å². The molecule has 2 nitrogen and oxygen atoms in total. The van der Waals surface area contributed by atoms with Crippen LogP contribution < -0.4 is 5.32 Å². The summed E-state index contributed by atoms with van der Waals surface area (Å²) in [5, 5.41) is 13.1. The smallest absolute Gasteiger partial charge is 0.137 e. The number of rotatable bonds is 5. The van der Waals surface area contributed by atoms with Gasteiger partial charge in [-0.05, 0) is 46.5 Å². The molecule has 4 heteroatoms. The van der Waals surface area contributed by atoms with E-state index in [1.807, 2.05) is 0 Å². The number of hydrogen-bond acceptors (Lipinski definition) is 2. The van der Waals surface area contributed by atoms with Gasteiger partial charge in [0.1, 0.15) is 5.82 Å². The fourth-order valence-corrected chi connectivity index (χ4v) is 2.93. The molecule has 1 unspecified atom stereocenters. The summed E-state index contributed by atoms with van der Waals surface area (Å²) in [5.74, 6) is 0.411. The lowest BCUT2D eigenvalue weighted by molar-refractivity contribution is 0.155. The van der Waals surface area contributed by atoms with Crippen molar-refractivity contribution in [3.63, 3.8) is 0 Å². The molecule has 0 aliphatic heterocycles. The van der Waals surface area contributed by atoms with Crippen molar-refractivity contribution in [2.24, 2.45) is 5.92 Å². The van der Waals surface area contributed by atoms with E-state index >= 15 is 0 Å². The second-order valence-electron chi connectivity index (χ2n) is 5.05. The van der Waals surface area contributed by atoms with Crippen molar-refractivity contribution in [1.82, 2.24) is 0 Å². The third kappa shape index (κ3) is 3.95. The van der Waals surface area contributed by atoms with E-state index in [1.165, 1.54) is 31.7 Å². The van der Waals surface area contributed by atoms with Gasteiger partial charge in [-0.2, -0.15) is 0 Å². The maximum absolute atomic E-state index is 13.0. The Morgan fingerprint density at radius 3 is 2.78 bits per heavy atom. The van der Waals surface area contributed by atoms with Crippen molar-refractivity contribution in [2.45, 2.75) is 38.2 Å². The maximum Gasteiger partial charge on any atom is 0.137 e. The Hall–Kier alpha value is -0.610. The highest BCUT2D eigenvalue weighted by Crippen LogP contribution is 2.28. The lowest BCUT2D eigenvalue weighted by Crippen LogP contribution is -2.22. The molecule has 0 amide bonds. The van der Waals surface area contributed by atoms with E-state index in [2.05, 4.69) is 21.2 Å². The van der Waals surface area contributed by atoms with Crippen LogP contribution in [0.4, 0.5) is 10.1 Å². The number of nitrogens with one attached hydrogen (secondary N) is 1. The van der Waals surface area contributed by atoms with Gasteiger partial charge >= 0.3 is 0 Å². The van der Waals surface area contributed by atoms with Gasteiger partial charge in [0, 0.05) is 12.2 Å². The topological polar surface area (TPSA) is 32.3 Å². The number of benzene rings is 1. The van der Waals surface area contributed by atoms with Gasteiger partial charge in [-0.25, -0.2) is 4.39 Å². The van der Waals surface area contributed by atoms with Crippen LogP contribution >= 0.6 is 15.9 Å². The largest absolute Gasteiger partial charge is 0.391 e.